The first-order valence-electron chi connectivity index (χ1n) is 7.76. The third-order valence-electron chi connectivity index (χ3n) is 4.29. The molecule has 0 amide bonds. The summed E-state index contributed by atoms with van der Waals surface area (Å²) < 4.78 is 44.5. The summed E-state index contributed by atoms with van der Waals surface area (Å²) in [5, 5.41) is 0. The maximum atomic E-state index is 13.1. The molecule has 2 rings (SSSR count). The van der Waals surface area contributed by atoms with Gasteiger partial charge in [-0.1, -0.05) is 26.0 Å². The summed E-state index contributed by atoms with van der Waals surface area (Å²) in [6.07, 6.45) is -2.08. The first kappa shape index (κ1) is 17.3. The zero-order valence-corrected chi connectivity index (χ0v) is 13.4. The molecule has 0 N–H and O–H groups in total. The fraction of sp³-hybridized carbons (Fsp3) is 0.647. The van der Waals surface area contributed by atoms with Crippen LogP contribution in [0, 0.1) is 0 Å². The van der Waals surface area contributed by atoms with Crippen molar-refractivity contribution in [1.29, 1.82) is 0 Å². The Morgan fingerprint density at radius 3 is 2.64 bits per heavy atom. The van der Waals surface area contributed by atoms with E-state index in [0.29, 0.717) is 24.8 Å². The molecule has 0 aliphatic carbocycles. The fourth-order valence-corrected chi connectivity index (χ4v) is 3.17. The first-order chi connectivity index (χ1) is 10.3. The molecule has 1 aliphatic heterocycles. The van der Waals surface area contributed by atoms with E-state index in [0.717, 1.165) is 24.9 Å². The molecule has 1 fully saturated rings. The highest BCUT2D eigenvalue weighted by Crippen LogP contribution is 2.36. The smallest absolute Gasteiger partial charge is 0.383 e. The van der Waals surface area contributed by atoms with E-state index in [4.69, 9.17) is 4.74 Å². The zero-order valence-electron chi connectivity index (χ0n) is 13.4. The lowest BCUT2D eigenvalue weighted by atomic mass is 9.94. The molecule has 0 unspecified atom stereocenters. The predicted octanol–water partition coefficient (Wildman–Crippen LogP) is 4.44. The van der Waals surface area contributed by atoms with E-state index in [2.05, 4.69) is 4.90 Å². The van der Waals surface area contributed by atoms with E-state index in [1.807, 2.05) is 0 Å². The SMILES string of the molecule is COC[C@@H]1CCCN1Cc1ccc(C(F)(F)F)c(C(C)C)c1. The average molecular weight is 315 g/mol. The molecule has 0 saturated carbocycles. The highest BCUT2D eigenvalue weighted by Gasteiger charge is 2.34. The van der Waals surface area contributed by atoms with E-state index in [9.17, 15) is 13.2 Å². The van der Waals surface area contributed by atoms with Crippen molar-refractivity contribution in [2.45, 2.75) is 51.4 Å². The van der Waals surface area contributed by atoms with Crippen LogP contribution in [0.1, 0.15) is 49.3 Å². The lowest BCUT2D eigenvalue weighted by molar-refractivity contribution is -0.138. The molecule has 1 aliphatic rings. The second kappa shape index (κ2) is 7.01. The molecule has 124 valence electrons. The minimum absolute atomic E-state index is 0.148. The average Bonchev–Trinajstić information content (AvgIpc) is 2.85. The first-order valence-corrected chi connectivity index (χ1v) is 7.76. The molecule has 1 atom stereocenters. The minimum Gasteiger partial charge on any atom is -0.383 e. The predicted molar refractivity (Wildman–Crippen MR) is 80.8 cm³/mol. The highest BCUT2D eigenvalue weighted by molar-refractivity contribution is 5.36. The Balaban J connectivity index is 2.20. The molecule has 0 aromatic heterocycles. The van der Waals surface area contributed by atoms with Crippen molar-refractivity contribution in [3.8, 4) is 0 Å². The molecule has 0 bridgehead atoms. The van der Waals surface area contributed by atoms with Gasteiger partial charge in [0.15, 0.2) is 0 Å². The van der Waals surface area contributed by atoms with Gasteiger partial charge in [-0.25, -0.2) is 0 Å². The molecule has 0 radical (unpaired) electrons. The molecular formula is C17H24F3NO. The van der Waals surface area contributed by atoms with Crippen molar-refractivity contribution in [2.75, 3.05) is 20.3 Å². The molecule has 1 heterocycles. The Kier molecular flexibility index (Phi) is 5.50. The van der Waals surface area contributed by atoms with Crippen molar-refractivity contribution in [2.24, 2.45) is 0 Å². The Hall–Kier alpha value is -1.07. The van der Waals surface area contributed by atoms with E-state index in [-0.39, 0.29) is 5.92 Å². The number of halogens is 3. The normalized spacial score (nSPS) is 20.0. The van der Waals surface area contributed by atoms with Gasteiger partial charge in [0.25, 0.3) is 0 Å². The van der Waals surface area contributed by atoms with Gasteiger partial charge in [-0.3, -0.25) is 4.90 Å². The number of rotatable bonds is 5. The van der Waals surface area contributed by atoms with Gasteiger partial charge in [0, 0.05) is 19.7 Å². The number of ether oxygens (including phenoxy) is 1. The van der Waals surface area contributed by atoms with Crippen molar-refractivity contribution in [3.63, 3.8) is 0 Å². The van der Waals surface area contributed by atoms with Crippen LogP contribution in [0.5, 0.6) is 0 Å². The summed E-state index contributed by atoms with van der Waals surface area (Å²) in [6.45, 7) is 5.95. The standard InChI is InChI=1S/C17H24F3NO/c1-12(2)15-9-13(6-7-16(15)17(18,19)20)10-21-8-4-5-14(21)11-22-3/h6-7,9,12,14H,4-5,8,10-11H2,1-3H3/t14-/m0/s1. The maximum absolute atomic E-state index is 13.1. The zero-order chi connectivity index (χ0) is 16.3. The van der Waals surface area contributed by atoms with Gasteiger partial charge in [0.1, 0.15) is 0 Å². The van der Waals surface area contributed by atoms with Gasteiger partial charge in [-0.15, -0.1) is 0 Å². The van der Waals surface area contributed by atoms with Gasteiger partial charge < -0.3 is 4.74 Å². The topological polar surface area (TPSA) is 12.5 Å². The molecule has 1 aromatic rings. The van der Waals surface area contributed by atoms with Crippen molar-refractivity contribution in [3.05, 3.63) is 34.9 Å². The molecule has 1 saturated heterocycles. The van der Waals surface area contributed by atoms with Crippen LogP contribution in [0.4, 0.5) is 13.2 Å². The van der Waals surface area contributed by atoms with E-state index in [1.165, 1.54) is 6.07 Å². The van der Waals surface area contributed by atoms with Crippen LogP contribution in [0.15, 0.2) is 18.2 Å². The van der Waals surface area contributed by atoms with Gasteiger partial charge in [-0.05, 0) is 42.5 Å². The van der Waals surface area contributed by atoms with Crippen LogP contribution in [-0.4, -0.2) is 31.2 Å². The summed E-state index contributed by atoms with van der Waals surface area (Å²) >= 11 is 0. The second-order valence-corrected chi connectivity index (χ2v) is 6.30. The van der Waals surface area contributed by atoms with E-state index in [1.54, 1.807) is 33.1 Å². The second-order valence-electron chi connectivity index (χ2n) is 6.30. The third-order valence-corrected chi connectivity index (χ3v) is 4.29. The minimum atomic E-state index is -4.29. The van der Waals surface area contributed by atoms with Gasteiger partial charge in [-0.2, -0.15) is 13.2 Å². The van der Waals surface area contributed by atoms with Crippen LogP contribution in [0.25, 0.3) is 0 Å². The molecule has 0 spiro atoms. The van der Waals surface area contributed by atoms with Crippen molar-refractivity contribution >= 4 is 0 Å². The van der Waals surface area contributed by atoms with Crippen LogP contribution in [-0.2, 0) is 17.5 Å². The fourth-order valence-electron chi connectivity index (χ4n) is 3.17. The lowest BCUT2D eigenvalue weighted by Gasteiger charge is -2.25. The summed E-state index contributed by atoms with van der Waals surface area (Å²) in [5.74, 6) is -0.148. The lowest BCUT2D eigenvalue weighted by Crippen LogP contribution is -2.32. The van der Waals surface area contributed by atoms with Gasteiger partial charge in [0.2, 0.25) is 0 Å². The van der Waals surface area contributed by atoms with Crippen LogP contribution >= 0.6 is 0 Å². The molecule has 22 heavy (non-hydrogen) atoms. The largest absolute Gasteiger partial charge is 0.416 e. The number of benzene rings is 1. The van der Waals surface area contributed by atoms with E-state index < -0.39 is 11.7 Å². The number of hydrogen-bond acceptors (Lipinski definition) is 2. The number of likely N-dealkylation sites (tertiary alicyclic amines) is 1. The summed E-state index contributed by atoms with van der Waals surface area (Å²) in [7, 11) is 1.69. The van der Waals surface area contributed by atoms with Crippen LogP contribution < -0.4 is 0 Å². The highest BCUT2D eigenvalue weighted by atomic mass is 19.4. The Morgan fingerprint density at radius 2 is 2.05 bits per heavy atom. The Morgan fingerprint density at radius 1 is 1.32 bits per heavy atom. The summed E-state index contributed by atoms with van der Waals surface area (Å²) in [4.78, 5) is 2.30. The molecule has 5 heteroatoms. The maximum Gasteiger partial charge on any atom is 0.416 e. The Bertz CT molecular complexity index is 499. The van der Waals surface area contributed by atoms with E-state index >= 15 is 0 Å². The number of alkyl halides is 3. The van der Waals surface area contributed by atoms with Crippen LogP contribution in [0.2, 0.25) is 0 Å². The van der Waals surface area contributed by atoms with Gasteiger partial charge in [0.05, 0.1) is 12.2 Å². The number of hydrogen-bond donors (Lipinski definition) is 0. The third kappa shape index (κ3) is 4.02. The summed E-state index contributed by atoms with van der Waals surface area (Å²) in [6, 6.07) is 4.92. The van der Waals surface area contributed by atoms with Gasteiger partial charge >= 0.3 is 6.18 Å². The molecular weight excluding hydrogens is 291 g/mol. The van der Waals surface area contributed by atoms with Crippen molar-refractivity contribution < 1.29 is 17.9 Å². The Labute approximate surface area is 130 Å². The quantitative estimate of drug-likeness (QED) is 0.796. The summed E-state index contributed by atoms with van der Waals surface area (Å²) in [5.41, 5.74) is 0.813. The monoisotopic (exact) mass is 315 g/mol. The molecule has 1 aromatic carbocycles. The van der Waals surface area contributed by atoms with Crippen molar-refractivity contribution in [1.82, 2.24) is 4.90 Å². The van der Waals surface area contributed by atoms with Crippen LogP contribution in [0.3, 0.4) is 0 Å². The number of methoxy groups -OCH3 is 1. The molecule has 2 nitrogen and oxygen atoms in total. The number of nitrogens with zero attached hydrogens (tertiary/aromatic N) is 1.